The van der Waals surface area contributed by atoms with Gasteiger partial charge in [0.25, 0.3) is 0 Å². The zero-order valence-corrected chi connectivity index (χ0v) is 12.8. The van der Waals surface area contributed by atoms with Crippen molar-refractivity contribution in [3.05, 3.63) is 41.0 Å². The van der Waals surface area contributed by atoms with Crippen molar-refractivity contribution in [2.45, 2.75) is 33.5 Å². The van der Waals surface area contributed by atoms with Crippen LogP contribution in [0.3, 0.4) is 0 Å². The molecule has 8 heteroatoms. The third-order valence-corrected chi connectivity index (χ3v) is 3.46. The second kappa shape index (κ2) is 7.36. The van der Waals surface area contributed by atoms with E-state index >= 15 is 0 Å². The molecule has 0 amide bonds. The molecule has 0 aliphatic heterocycles. The second-order valence-corrected chi connectivity index (χ2v) is 4.97. The fraction of sp³-hybridized carbons (Fsp3) is 0.400. The van der Waals surface area contributed by atoms with Crippen molar-refractivity contribution in [2.75, 3.05) is 11.9 Å². The Morgan fingerprint density at radius 1 is 1.35 bits per heavy atom. The summed E-state index contributed by atoms with van der Waals surface area (Å²) in [5, 5.41) is 16.3. The zero-order chi connectivity index (χ0) is 17.0. The molecule has 2 aromatic rings. The Hall–Kier alpha value is -2.22. The molecule has 1 aromatic heterocycles. The lowest BCUT2D eigenvalue weighted by Gasteiger charge is -2.13. The average molecular weight is 329 g/mol. The summed E-state index contributed by atoms with van der Waals surface area (Å²) in [5.41, 5.74) is 2.77. The van der Waals surface area contributed by atoms with E-state index < -0.39 is 12.4 Å². The highest BCUT2D eigenvalue weighted by molar-refractivity contribution is 5.57. The molecule has 0 spiro atoms. The minimum absolute atomic E-state index is 0.0286. The van der Waals surface area contributed by atoms with Gasteiger partial charge in [0, 0.05) is 23.9 Å². The third-order valence-electron chi connectivity index (χ3n) is 3.46. The number of nitrogens with zero attached hydrogens (tertiary/aromatic N) is 2. The second-order valence-electron chi connectivity index (χ2n) is 4.97. The Morgan fingerprint density at radius 3 is 2.74 bits per heavy atom. The van der Waals surface area contributed by atoms with Crippen LogP contribution in [-0.4, -0.2) is 28.1 Å². The molecule has 126 valence electrons. The highest BCUT2D eigenvalue weighted by Gasteiger charge is 2.14. The first-order valence-electron chi connectivity index (χ1n) is 7.04. The molecule has 23 heavy (non-hydrogen) atoms. The normalized spacial score (nSPS) is 11.1. The van der Waals surface area contributed by atoms with Gasteiger partial charge >= 0.3 is 6.61 Å². The third kappa shape index (κ3) is 4.16. The lowest BCUT2D eigenvalue weighted by atomic mass is 10.2. The summed E-state index contributed by atoms with van der Waals surface area (Å²) >= 11 is 0. The number of hydrogen-bond acceptors (Lipinski definition) is 4. The van der Waals surface area contributed by atoms with E-state index in [0.717, 1.165) is 29.1 Å². The van der Waals surface area contributed by atoms with Crippen LogP contribution in [0.25, 0.3) is 0 Å². The largest absolute Gasteiger partial charge is 0.433 e. The number of aliphatic hydroxyl groups is 1. The molecule has 0 radical (unpaired) electrons. The van der Waals surface area contributed by atoms with Crippen LogP contribution < -0.4 is 10.1 Å². The molecular weight excluding hydrogens is 311 g/mol. The summed E-state index contributed by atoms with van der Waals surface area (Å²) in [4.78, 5) is 0. The minimum atomic E-state index is -3.03. The molecular formula is C15H18F3N3O2. The molecule has 0 aliphatic carbocycles. The van der Waals surface area contributed by atoms with E-state index in [-0.39, 0.29) is 18.0 Å². The predicted molar refractivity (Wildman–Crippen MR) is 79.1 cm³/mol. The number of halogens is 3. The summed E-state index contributed by atoms with van der Waals surface area (Å²) in [7, 11) is 0. The number of alkyl halides is 2. The zero-order valence-electron chi connectivity index (χ0n) is 12.8. The van der Waals surface area contributed by atoms with Gasteiger partial charge in [-0.25, -0.2) is 4.39 Å². The highest BCUT2D eigenvalue weighted by Crippen LogP contribution is 2.28. The summed E-state index contributed by atoms with van der Waals surface area (Å²) in [6.45, 7) is 1.30. The molecule has 0 atom stereocenters. The number of aromatic nitrogens is 2. The van der Waals surface area contributed by atoms with Crippen LogP contribution in [0, 0.1) is 19.7 Å². The molecule has 1 heterocycles. The van der Waals surface area contributed by atoms with E-state index in [1.54, 1.807) is 4.68 Å². The molecule has 0 unspecified atom stereocenters. The lowest BCUT2D eigenvalue weighted by Crippen LogP contribution is -2.09. The Morgan fingerprint density at radius 2 is 2.09 bits per heavy atom. The van der Waals surface area contributed by atoms with Gasteiger partial charge in [-0.3, -0.25) is 4.68 Å². The fourth-order valence-electron chi connectivity index (χ4n) is 2.32. The van der Waals surface area contributed by atoms with E-state index in [4.69, 9.17) is 5.11 Å². The van der Waals surface area contributed by atoms with Gasteiger partial charge in [-0.15, -0.1) is 0 Å². The van der Waals surface area contributed by atoms with E-state index in [0.29, 0.717) is 13.1 Å². The fourth-order valence-corrected chi connectivity index (χ4v) is 2.32. The summed E-state index contributed by atoms with van der Waals surface area (Å²) in [5.74, 6) is -0.910. The first-order valence-corrected chi connectivity index (χ1v) is 7.04. The van der Waals surface area contributed by atoms with Crippen molar-refractivity contribution < 1.29 is 23.0 Å². The van der Waals surface area contributed by atoms with E-state index in [1.807, 2.05) is 13.8 Å². The van der Waals surface area contributed by atoms with Crippen LogP contribution in [-0.2, 0) is 13.1 Å². The molecule has 0 saturated heterocycles. The number of rotatable bonds is 7. The number of hydrogen-bond donors (Lipinski definition) is 2. The Bertz CT molecular complexity index is 674. The maximum atomic E-state index is 13.2. The Kier molecular flexibility index (Phi) is 5.49. The van der Waals surface area contributed by atoms with Crippen LogP contribution in [0.2, 0.25) is 0 Å². The maximum Gasteiger partial charge on any atom is 0.387 e. The molecule has 0 saturated carbocycles. The number of aliphatic hydroxyl groups excluding tert-OH is 1. The van der Waals surface area contributed by atoms with Gasteiger partial charge in [0.1, 0.15) is 5.82 Å². The molecule has 2 rings (SSSR count). The minimum Gasteiger partial charge on any atom is -0.433 e. The Labute approximate surface area is 131 Å². The van der Waals surface area contributed by atoms with Gasteiger partial charge < -0.3 is 15.2 Å². The highest BCUT2D eigenvalue weighted by atomic mass is 19.3. The molecule has 0 aliphatic rings. The van der Waals surface area contributed by atoms with Gasteiger partial charge in [0.15, 0.2) is 5.75 Å². The maximum absolute atomic E-state index is 13.2. The molecule has 1 aromatic carbocycles. The number of nitrogens with one attached hydrogen (secondary N) is 1. The van der Waals surface area contributed by atoms with E-state index in [2.05, 4.69) is 15.2 Å². The lowest BCUT2D eigenvalue weighted by molar-refractivity contribution is -0.0495. The summed E-state index contributed by atoms with van der Waals surface area (Å²) < 4.78 is 44.0. The quantitative estimate of drug-likeness (QED) is 0.820. The first kappa shape index (κ1) is 17.1. The number of aryl methyl sites for hydroxylation is 1. The molecule has 0 bridgehead atoms. The van der Waals surface area contributed by atoms with Gasteiger partial charge in [0.2, 0.25) is 0 Å². The summed E-state index contributed by atoms with van der Waals surface area (Å²) in [6, 6.07) is 3.41. The predicted octanol–water partition coefficient (Wildman–Crippen LogP) is 2.84. The first-order chi connectivity index (χ1) is 10.9. The summed E-state index contributed by atoms with van der Waals surface area (Å²) in [6.07, 6.45) is 0. The Balaban J connectivity index is 2.18. The topological polar surface area (TPSA) is 59.3 Å². The van der Waals surface area contributed by atoms with Gasteiger partial charge in [-0.05, 0) is 26.0 Å². The van der Waals surface area contributed by atoms with Crippen LogP contribution in [0.1, 0.15) is 17.0 Å². The van der Waals surface area contributed by atoms with Crippen molar-refractivity contribution in [1.29, 1.82) is 0 Å². The van der Waals surface area contributed by atoms with Crippen LogP contribution >= 0.6 is 0 Å². The van der Waals surface area contributed by atoms with Crippen molar-refractivity contribution in [1.82, 2.24) is 9.78 Å². The average Bonchev–Trinajstić information content (AvgIpc) is 2.73. The van der Waals surface area contributed by atoms with Gasteiger partial charge in [0.05, 0.1) is 24.5 Å². The smallest absolute Gasteiger partial charge is 0.387 e. The molecule has 5 nitrogen and oxygen atoms in total. The molecule has 2 N–H and O–H groups in total. The van der Waals surface area contributed by atoms with Gasteiger partial charge in [-0.2, -0.15) is 13.9 Å². The van der Waals surface area contributed by atoms with Crippen LogP contribution in [0.15, 0.2) is 18.2 Å². The number of benzene rings is 1. The van der Waals surface area contributed by atoms with Crippen molar-refractivity contribution in [2.24, 2.45) is 0 Å². The van der Waals surface area contributed by atoms with Crippen molar-refractivity contribution in [3.63, 3.8) is 0 Å². The van der Waals surface area contributed by atoms with E-state index in [9.17, 15) is 13.2 Å². The SMILES string of the molecule is Cc1nn(CCO)c(C)c1CNc1ccc(F)cc1OC(F)F. The van der Waals surface area contributed by atoms with E-state index in [1.165, 1.54) is 6.07 Å². The number of ether oxygens (including phenoxy) is 1. The number of anilines is 1. The van der Waals surface area contributed by atoms with Crippen molar-refractivity contribution in [3.8, 4) is 5.75 Å². The standard InChI is InChI=1S/C15H18F3N3O2/c1-9-12(10(2)21(20-9)5-6-22)8-19-13-4-3-11(16)7-14(13)23-15(17)18/h3-4,7,15,19,22H,5-6,8H2,1-2H3. The van der Waals surface area contributed by atoms with Crippen molar-refractivity contribution >= 4 is 5.69 Å². The van der Waals surface area contributed by atoms with Crippen LogP contribution in [0.4, 0.5) is 18.9 Å². The van der Waals surface area contributed by atoms with Gasteiger partial charge in [-0.1, -0.05) is 0 Å². The van der Waals surface area contributed by atoms with Crippen LogP contribution in [0.5, 0.6) is 5.75 Å². The monoisotopic (exact) mass is 329 g/mol. The molecule has 0 fully saturated rings.